The van der Waals surface area contributed by atoms with Crippen molar-refractivity contribution in [1.29, 1.82) is 0 Å². The molecule has 0 spiro atoms. The molecule has 0 bridgehead atoms. The number of carbonyl (C=O) groups is 1. The van der Waals surface area contributed by atoms with Gasteiger partial charge in [-0.1, -0.05) is 23.2 Å². The summed E-state index contributed by atoms with van der Waals surface area (Å²) in [6, 6.07) is 0. The van der Waals surface area contributed by atoms with Crippen molar-refractivity contribution in [2.45, 2.75) is 32.2 Å². The van der Waals surface area contributed by atoms with Gasteiger partial charge >= 0.3 is 12.4 Å². The summed E-state index contributed by atoms with van der Waals surface area (Å²) in [5, 5.41) is 7.58. The third kappa shape index (κ3) is 4.54. The summed E-state index contributed by atoms with van der Waals surface area (Å²) < 4.78 is 78.3. The lowest BCUT2D eigenvalue weighted by Gasteiger charge is -2.07. The summed E-state index contributed by atoms with van der Waals surface area (Å²) in [7, 11) is 1.13. The van der Waals surface area contributed by atoms with Crippen LogP contribution in [0.15, 0.2) is 0 Å². The number of hydrogen-bond donors (Lipinski definition) is 1. The lowest BCUT2D eigenvalue weighted by molar-refractivity contribution is -0.142. The molecule has 2 aromatic rings. The predicted octanol–water partition coefficient (Wildman–Crippen LogP) is 4.09. The summed E-state index contributed by atoms with van der Waals surface area (Å²) >= 11 is 11.2. The van der Waals surface area contributed by atoms with Gasteiger partial charge in [-0.3, -0.25) is 14.2 Å². The summed E-state index contributed by atoms with van der Waals surface area (Å²) in [5.41, 5.74) is -2.98. The van der Waals surface area contributed by atoms with E-state index in [-0.39, 0.29) is 25.2 Å². The van der Waals surface area contributed by atoms with Crippen LogP contribution >= 0.6 is 23.2 Å². The number of carbonyl (C=O) groups excluding carboxylic acids is 1. The van der Waals surface area contributed by atoms with E-state index in [1.807, 2.05) is 0 Å². The van der Waals surface area contributed by atoms with Gasteiger partial charge in [0.05, 0.1) is 10.7 Å². The van der Waals surface area contributed by atoms with Gasteiger partial charge in [-0.05, 0) is 13.3 Å². The molecule has 0 saturated heterocycles. The number of rotatable bonds is 5. The van der Waals surface area contributed by atoms with E-state index in [0.29, 0.717) is 4.68 Å². The molecule has 2 rings (SSSR count). The highest BCUT2D eigenvalue weighted by Crippen LogP contribution is 2.36. The lowest BCUT2D eigenvalue weighted by Crippen LogP contribution is -2.27. The van der Waals surface area contributed by atoms with Crippen LogP contribution in [-0.4, -0.2) is 32.0 Å². The Balaban J connectivity index is 2.00. The number of alkyl halides is 6. The first-order valence-corrected chi connectivity index (χ1v) is 8.38. The minimum atomic E-state index is -4.82. The third-order valence-corrected chi connectivity index (χ3v) is 4.52. The molecule has 0 saturated carbocycles. The van der Waals surface area contributed by atoms with E-state index in [4.69, 9.17) is 23.2 Å². The second kappa shape index (κ2) is 7.82. The van der Waals surface area contributed by atoms with Crippen LogP contribution in [0.1, 0.15) is 34.0 Å². The maximum Gasteiger partial charge on any atom is 0.436 e. The van der Waals surface area contributed by atoms with Gasteiger partial charge in [0.1, 0.15) is 10.7 Å². The van der Waals surface area contributed by atoms with Crippen LogP contribution in [-0.2, 0) is 25.9 Å². The van der Waals surface area contributed by atoms with E-state index in [2.05, 4.69) is 15.5 Å². The van der Waals surface area contributed by atoms with Crippen molar-refractivity contribution in [3.63, 3.8) is 0 Å². The van der Waals surface area contributed by atoms with Crippen molar-refractivity contribution in [2.24, 2.45) is 7.05 Å². The number of halogens is 8. The van der Waals surface area contributed by atoms with Gasteiger partial charge in [0, 0.05) is 20.1 Å². The van der Waals surface area contributed by atoms with E-state index >= 15 is 0 Å². The summed E-state index contributed by atoms with van der Waals surface area (Å²) in [4.78, 5) is 12.1. The Kier molecular flexibility index (Phi) is 6.24. The lowest BCUT2D eigenvalue weighted by atomic mass is 10.3. The zero-order chi connectivity index (χ0) is 21.4. The van der Waals surface area contributed by atoms with Crippen molar-refractivity contribution in [3.05, 3.63) is 32.8 Å². The minimum absolute atomic E-state index is 0.00513. The van der Waals surface area contributed by atoms with Gasteiger partial charge in [-0.15, -0.1) is 0 Å². The maximum atomic E-state index is 12.8. The van der Waals surface area contributed by atoms with E-state index in [1.165, 1.54) is 6.92 Å². The molecule has 6 nitrogen and oxygen atoms in total. The van der Waals surface area contributed by atoms with Gasteiger partial charge in [0.15, 0.2) is 11.4 Å². The van der Waals surface area contributed by atoms with Crippen molar-refractivity contribution in [2.75, 3.05) is 6.54 Å². The highest BCUT2D eigenvalue weighted by Gasteiger charge is 2.40. The molecule has 1 amide bonds. The predicted molar refractivity (Wildman–Crippen MR) is 87.1 cm³/mol. The van der Waals surface area contributed by atoms with E-state index < -0.39 is 45.4 Å². The number of hydrogen-bond acceptors (Lipinski definition) is 3. The maximum absolute atomic E-state index is 12.8. The topological polar surface area (TPSA) is 64.7 Å². The minimum Gasteiger partial charge on any atom is -0.351 e. The Morgan fingerprint density at radius 3 is 2.04 bits per heavy atom. The Labute approximate surface area is 164 Å². The standard InChI is InChI=1S/C14H13Cl2F6N5O/c1-6-7(15)10(13(17,18)19)25-27(6)5-3-4-23-12(28)9-8(16)11(14(20,21)22)24-26(9)2/h3-5H2,1-2H3,(H,23,28). The summed E-state index contributed by atoms with van der Waals surface area (Å²) in [6.45, 7) is 1.30. The van der Waals surface area contributed by atoms with Gasteiger partial charge in [-0.25, -0.2) is 0 Å². The van der Waals surface area contributed by atoms with Crippen LogP contribution in [0.2, 0.25) is 10.0 Å². The van der Waals surface area contributed by atoms with Gasteiger partial charge in [0.2, 0.25) is 0 Å². The van der Waals surface area contributed by atoms with Crippen LogP contribution in [0.4, 0.5) is 26.3 Å². The molecule has 2 aromatic heterocycles. The van der Waals surface area contributed by atoms with Crippen molar-refractivity contribution < 1.29 is 31.1 Å². The zero-order valence-electron chi connectivity index (χ0n) is 14.3. The molecule has 14 heteroatoms. The number of nitrogens with zero attached hydrogens (tertiary/aromatic N) is 4. The van der Waals surface area contributed by atoms with Crippen LogP contribution < -0.4 is 5.32 Å². The number of aryl methyl sites for hydroxylation is 2. The first kappa shape index (κ1) is 22.3. The second-order valence-corrected chi connectivity index (χ2v) is 6.47. The normalized spacial score (nSPS) is 12.5. The van der Waals surface area contributed by atoms with Gasteiger partial charge in [-0.2, -0.15) is 36.5 Å². The van der Waals surface area contributed by atoms with Gasteiger partial charge < -0.3 is 5.32 Å². The largest absolute Gasteiger partial charge is 0.436 e. The fraction of sp³-hybridized carbons (Fsp3) is 0.500. The average molecular weight is 452 g/mol. The third-order valence-electron chi connectivity index (χ3n) is 3.71. The fourth-order valence-corrected chi connectivity index (χ4v) is 2.96. The monoisotopic (exact) mass is 451 g/mol. The molecule has 0 fully saturated rings. The molecule has 0 aromatic carbocycles. The second-order valence-electron chi connectivity index (χ2n) is 5.71. The first-order chi connectivity index (χ1) is 12.7. The Bertz CT molecular complexity index is 886. The van der Waals surface area contributed by atoms with E-state index in [0.717, 1.165) is 11.7 Å². The SMILES string of the molecule is Cc1c(Cl)c(C(F)(F)F)nn1CCCNC(=O)c1c(Cl)c(C(F)(F)F)nn1C. The van der Waals surface area contributed by atoms with E-state index in [9.17, 15) is 31.1 Å². The van der Waals surface area contributed by atoms with Gasteiger partial charge in [0.25, 0.3) is 5.91 Å². The molecule has 0 radical (unpaired) electrons. The highest BCUT2D eigenvalue weighted by molar-refractivity contribution is 6.34. The number of amides is 1. The van der Waals surface area contributed by atoms with Crippen LogP contribution in [0, 0.1) is 6.92 Å². The van der Waals surface area contributed by atoms with Crippen LogP contribution in [0.25, 0.3) is 0 Å². The number of nitrogens with one attached hydrogen (secondary N) is 1. The molecule has 0 unspecified atom stereocenters. The molecule has 156 valence electrons. The molecule has 0 atom stereocenters. The van der Waals surface area contributed by atoms with Crippen LogP contribution in [0.5, 0.6) is 0 Å². The fourth-order valence-electron chi connectivity index (χ4n) is 2.36. The summed E-state index contributed by atoms with van der Waals surface area (Å²) in [5.74, 6) is -0.901. The van der Waals surface area contributed by atoms with Crippen molar-refractivity contribution in [1.82, 2.24) is 24.9 Å². The molecule has 0 aliphatic heterocycles. The van der Waals surface area contributed by atoms with Crippen LogP contribution in [0.3, 0.4) is 0 Å². The molecule has 28 heavy (non-hydrogen) atoms. The van der Waals surface area contributed by atoms with E-state index in [1.54, 1.807) is 0 Å². The quantitative estimate of drug-likeness (QED) is 0.549. The molecular formula is C14H13Cl2F6N5O. The van der Waals surface area contributed by atoms with Crippen molar-refractivity contribution >= 4 is 29.1 Å². The molecule has 1 N–H and O–H groups in total. The first-order valence-electron chi connectivity index (χ1n) is 7.63. The Morgan fingerprint density at radius 2 is 1.57 bits per heavy atom. The number of aromatic nitrogens is 4. The molecular weight excluding hydrogens is 439 g/mol. The Hall–Kier alpha value is -1.95. The van der Waals surface area contributed by atoms with Crippen molar-refractivity contribution in [3.8, 4) is 0 Å². The average Bonchev–Trinajstić information content (AvgIpc) is 3.01. The molecule has 2 heterocycles. The zero-order valence-corrected chi connectivity index (χ0v) is 15.9. The highest BCUT2D eigenvalue weighted by atomic mass is 35.5. The molecule has 0 aliphatic carbocycles. The Morgan fingerprint density at radius 1 is 1.04 bits per heavy atom. The molecule has 0 aliphatic rings. The smallest absolute Gasteiger partial charge is 0.351 e. The summed E-state index contributed by atoms with van der Waals surface area (Å²) in [6.07, 6.45) is -9.38.